The molecule has 0 saturated carbocycles. The Kier molecular flexibility index (Phi) is 6.72. The van der Waals surface area contributed by atoms with E-state index in [1.165, 1.54) is 38.4 Å². The van der Waals surface area contributed by atoms with E-state index in [0.717, 1.165) is 42.3 Å². The molecule has 0 aliphatic carbocycles. The Morgan fingerprint density at radius 3 is 2.62 bits per heavy atom. The summed E-state index contributed by atoms with van der Waals surface area (Å²) < 4.78 is 21.7. The van der Waals surface area contributed by atoms with Gasteiger partial charge in [-0.05, 0) is 87.3 Å². The molecule has 34 heavy (non-hydrogen) atoms. The second kappa shape index (κ2) is 10.2. The third-order valence-corrected chi connectivity index (χ3v) is 6.27. The molecule has 1 saturated heterocycles. The average molecular weight is 460 g/mol. The molecule has 1 N–H and O–H groups in total. The van der Waals surface area contributed by atoms with E-state index in [0.29, 0.717) is 17.2 Å². The fraction of sp³-hybridized carbons (Fsp3) is 0.333. The van der Waals surface area contributed by atoms with E-state index in [2.05, 4.69) is 20.3 Å². The molecule has 1 fully saturated rings. The molecule has 4 aromatic rings. The Morgan fingerprint density at radius 1 is 1.00 bits per heavy atom. The maximum absolute atomic E-state index is 14.1. The molecule has 0 amide bonds. The first kappa shape index (κ1) is 22.3. The van der Waals surface area contributed by atoms with Crippen LogP contribution in [0.1, 0.15) is 31.2 Å². The molecule has 5 rings (SSSR count). The summed E-state index contributed by atoms with van der Waals surface area (Å²) >= 11 is 0. The molecule has 2 aromatic heterocycles. The molecule has 176 valence electrons. The zero-order valence-corrected chi connectivity index (χ0v) is 19.5. The van der Waals surface area contributed by atoms with E-state index >= 15 is 0 Å². The third kappa shape index (κ3) is 5.20. The number of nitrogens with one attached hydrogen (secondary N) is 1. The molecule has 1 aliphatic heterocycles. The first-order chi connectivity index (χ1) is 16.7. The summed E-state index contributed by atoms with van der Waals surface area (Å²) in [5.74, 6) is 1.10. The topological polar surface area (TPSA) is 54.7 Å². The third-order valence-electron chi connectivity index (χ3n) is 6.27. The summed E-state index contributed by atoms with van der Waals surface area (Å²) in [6.45, 7) is 6.03. The Hall–Kier alpha value is -3.45. The fourth-order valence-corrected chi connectivity index (χ4v) is 4.35. The summed E-state index contributed by atoms with van der Waals surface area (Å²) in [4.78, 5) is 7.10. The largest absolute Gasteiger partial charge is 0.494 e. The Bertz CT molecular complexity index is 1250. The maximum atomic E-state index is 14.1. The highest BCUT2D eigenvalue weighted by Crippen LogP contribution is 2.24. The van der Waals surface area contributed by atoms with Crippen LogP contribution in [0.4, 0.5) is 16.0 Å². The van der Waals surface area contributed by atoms with Gasteiger partial charge < -0.3 is 15.0 Å². The minimum absolute atomic E-state index is 0.234. The van der Waals surface area contributed by atoms with E-state index in [9.17, 15) is 4.39 Å². The summed E-state index contributed by atoms with van der Waals surface area (Å²) in [5, 5.41) is 7.85. The lowest BCUT2D eigenvalue weighted by molar-refractivity contribution is 0.205. The number of likely N-dealkylation sites (tertiary alicyclic amines) is 1. The summed E-state index contributed by atoms with van der Waals surface area (Å²) in [5.41, 5.74) is 3.72. The number of hydrogen-bond acceptors (Lipinski definition) is 5. The van der Waals surface area contributed by atoms with Gasteiger partial charge in [0.25, 0.3) is 0 Å². The Balaban J connectivity index is 1.21. The van der Waals surface area contributed by atoms with Crippen LogP contribution >= 0.6 is 0 Å². The van der Waals surface area contributed by atoms with Crippen LogP contribution in [0.25, 0.3) is 16.9 Å². The molecule has 0 bridgehead atoms. The van der Waals surface area contributed by atoms with Gasteiger partial charge in [0, 0.05) is 17.8 Å². The number of fused-ring (bicyclic) bond motifs is 1. The van der Waals surface area contributed by atoms with Crippen molar-refractivity contribution in [2.75, 3.05) is 31.6 Å². The number of aromatic nitrogens is 3. The SMILES string of the molecule is Cc1ccc(-c2cccc3nc(Nc4ccc(OCCCN5CCCCC5)cc4)nn23)cc1F. The van der Waals surface area contributed by atoms with Crippen molar-refractivity contribution in [2.45, 2.75) is 32.6 Å². The highest BCUT2D eigenvalue weighted by molar-refractivity contribution is 5.65. The van der Waals surface area contributed by atoms with Crippen LogP contribution in [0.2, 0.25) is 0 Å². The number of anilines is 2. The van der Waals surface area contributed by atoms with Crippen LogP contribution in [-0.4, -0.2) is 45.7 Å². The zero-order chi connectivity index (χ0) is 23.3. The number of piperidine rings is 1. The van der Waals surface area contributed by atoms with Crippen LogP contribution in [0.5, 0.6) is 5.75 Å². The van der Waals surface area contributed by atoms with Gasteiger partial charge in [-0.3, -0.25) is 0 Å². The number of nitrogens with zero attached hydrogens (tertiary/aromatic N) is 4. The number of hydrogen-bond donors (Lipinski definition) is 1. The van der Waals surface area contributed by atoms with E-state index in [-0.39, 0.29) is 5.82 Å². The number of aryl methyl sites for hydroxylation is 1. The van der Waals surface area contributed by atoms with Gasteiger partial charge in [0.2, 0.25) is 5.95 Å². The molecule has 0 atom stereocenters. The van der Waals surface area contributed by atoms with Crippen LogP contribution in [-0.2, 0) is 0 Å². The van der Waals surface area contributed by atoms with Crippen molar-refractivity contribution in [3.63, 3.8) is 0 Å². The van der Waals surface area contributed by atoms with Gasteiger partial charge in [-0.15, -0.1) is 5.10 Å². The van der Waals surface area contributed by atoms with E-state index < -0.39 is 0 Å². The smallest absolute Gasteiger partial charge is 0.247 e. The lowest BCUT2D eigenvalue weighted by Crippen LogP contribution is -2.31. The second-order valence-corrected chi connectivity index (χ2v) is 8.83. The Morgan fingerprint density at radius 2 is 1.82 bits per heavy atom. The molecule has 0 radical (unpaired) electrons. The summed E-state index contributed by atoms with van der Waals surface area (Å²) in [7, 11) is 0. The van der Waals surface area contributed by atoms with Gasteiger partial charge in [-0.1, -0.05) is 24.6 Å². The zero-order valence-electron chi connectivity index (χ0n) is 19.5. The van der Waals surface area contributed by atoms with Gasteiger partial charge in [0.1, 0.15) is 11.6 Å². The molecule has 2 aromatic carbocycles. The van der Waals surface area contributed by atoms with Crippen LogP contribution in [0, 0.1) is 12.7 Å². The van der Waals surface area contributed by atoms with Crippen molar-refractivity contribution in [2.24, 2.45) is 0 Å². The fourth-order valence-electron chi connectivity index (χ4n) is 4.35. The van der Waals surface area contributed by atoms with Crippen LogP contribution in [0.15, 0.2) is 60.7 Å². The van der Waals surface area contributed by atoms with Crippen LogP contribution < -0.4 is 10.1 Å². The number of ether oxygens (including phenoxy) is 1. The number of halogens is 1. The van der Waals surface area contributed by atoms with Gasteiger partial charge in [0.15, 0.2) is 5.65 Å². The van der Waals surface area contributed by atoms with Crippen molar-refractivity contribution in [3.05, 3.63) is 72.0 Å². The molecule has 0 unspecified atom stereocenters. The molecule has 0 spiro atoms. The predicted molar refractivity (Wildman–Crippen MR) is 133 cm³/mol. The number of pyridine rings is 1. The maximum Gasteiger partial charge on any atom is 0.247 e. The monoisotopic (exact) mass is 459 g/mol. The normalized spacial score (nSPS) is 14.4. The first-order valence-corrected chi connectivity index (χ1v) is 12.0. The number of benzene rings is 2. The van der Waals surface area contributed by atoms with Crippen LogP contribution in [0.3, 0.4) is 0 Å². The highest BCUT2D eigenvalue weighted by atomic mass is 19.1. The van der Waals surface area contributed by atoms with Gasteiger partial charge in [-0.25, -0.2) is 8.91 Å². The molecule has 6 nitrogen and oxygen atoms in total. The Labute approximate surface area is 199 Å². The number of rotatable bonds is 8. The van der Waals surface area contributed by atoms with Crippen molar-refractivity contribution < 1.29 is 9.13 Å². The minimum atomic E-state index is -0.234. The molecule has 1 aliphatic rings. The second-order valence-electron chi connectivity index (χ2n) is 8.83. The first-order valence-electron chi connectivity index (χ1n) is 12.0. The summed E-state index contributed by atoms with van der Waals surface area (Å²) in [6.07, 6.45) is 5.05. The average Bonchev–Trinajstić information content (AvgIpc) is 3.28. The molecule has 3 heterocycles. The predicted octanol–water partition coefficient (Wildman–Crippen LogP) is 5.84. The van der Waals surface area contributed by atoms with Crippen molar-refractivity contribution in [1.82, 2.24) is 19.5 Å². The quantitative estimate of drug-likeness (QED) is 0.335. The summed E-state index contributed by atoms with van der Waals surface area (Å²) in [6, 6.07) is 18.7. The van der Waals surface area contributed by atoms with Gasteiger partial charge >= 0.3 is 0 Å². The standard InChI is InChI=1S/C27H30FN5O/c1-20-9-10-21(19-24(20)28)25-7-5-8-26-30-27(31-33(25)26)29-22-11-13-23(14-12-22)34-18-6-17-32-15-3-2-4-16-32/h5,7-14,19H,2-4,6,15-18H2,1H3,(H,29,31). The van der Waals surface area contributed by atoms with E-state index in [4.69, 9.17) is 4.74 Å². The lowest BCUT2D eigenvalue weighted by atomic mass is 10.1. The molecular weight excluding hydrogens is 429 g/mol. The lowest BCUT2D eigenvalue weighted by Gasteiger charge is -2.26. The van der Waals surface area contributed by atoms with E-state index in [1.54, 1.807) is 17.5 Å². The molecular formula is C27H30FN5O. The van der Waals surface area contributed by atoms with Crippen molar-refractivity contribution in [3.8, 4) is 17.0 Å². The minimum Gasteiger partial charge on any atom is -0.494 e. The van der Waals surface area contributed by atoms with Gasteiger partial charge in [-0.2, -0.15) is 4.98 Å². The highest BCUT2D eigenvalue weighted by Gasteiger charge is 2.11. The van der Waals surface area contributed by atoms with Gasteiger partial charge in [0.05, 0.1) is 12.3 Å². The van der Waals surface area contributed by atoms with Crippen molar-refractivity contribution >= 4 is 17.3 Å². The van der Waals surface area contributed by atoms with Crippen molar-refractivity contribution in [1.29, 1.82) is 0 Å². The van der Waals surface area contributed by atoms with E-state index in [1.807, 2.05) is 48.5 Å². The molecule has 7 heteroatoms.